The van der Waals surface area contributed by atoms with Crippen molar-refractivity contribution in [2.24, 2.45) is 5.10 Å². The number of phenolic OH excluding ortho intramolecular Hbond substituents is 2. The summed E-state index contributed by atoms with van der Waals surface area (Å²) in [6.45, 7) is 0. The number of aromatic nitrogens is 2. The second-order valence-corrected chi connectivity index (χ2v) is 4.83. The molecule has 0 radical (unpaired) electrons. The molecule has 108 valence electrons. The molecule has 0 spiro atoms. The summed E-state index contributed by atoms with van der Waals surface area (Å²) in [5.74, 6) is -0.543. The molecule has 1 aliphatic rings. The van der Waals surface area contributed by atoms with Crippen LogP contribution in [0.15, 0.2) is 23.3 Å². The minimum absolute atomic E-state index is 0.0410. The zero-order chi connectivity index (χ0) is 14.8. The SMILES string of the molecule is O=C(N/N=C/c1ccc(O)cc1O)c1n[nH]c2c1CCC2. The van der Waals surface area contributed by atoms with Crippen molar-refractivity contribution in [2.75, 3.05) is 0 Å². The van der Waals surface area contributed by atoms with Gasteiger partial charge >= 0.3 is 0 Å². The summed E-state index contributed by atoms with van der Waals surface area (Å²) in [6, 6.07) is 4.11. The zero-order valence-corrected chi connectivity index (χ0v) is 11.1. The fourth-order valence-electron chi connectivity index (χ4n) is 2.36. The van der Waals surface area contributed by atoms with Crippen LogP contribution in [-0.4, -0.2) is 32.5 Å². The Labute approximate surface area is 120 Å². The number of hydrogen-bond donors (Lipinski definition) is 4. The number of rotatable bonds is 3. The lowest BCUT2D eigenvalue weighted by atomic mass is 10.2. The molecule has 1 aromatic carbocycles. The van der Waals surface area contributed by atoms with Crippen LogP contribution in [0.25, 0.3) is 0 Å². The Bertz CT molecular complexity index is 721. The largest absolute Gasteiger partial charge is 0.508 e. The summed E-state index contributed by atoms with van der Waals surface area (Å²) in [5.41, 5.74) is 5.11. The van der Waals surface area contributed by atoms with Crippen molar-refractivity contribution in [1.82, 2.24) is 15.6 Å². The molecule has 1 aliphatic carbocycles. The molecule has 1 heterocycles. The van der Waals surface area contributed by atoms with Gasteiger partial charge in [-0.25, -0.2) is 5.43 Å². The first-order valence-electron chi connectivity index (χ1n) is 6.56. The number of H-pyrrole nitrogens is 1. The lowest BCUT2D eigenvalue weighted by molar-refractivity contribution is 0.0949. The average Bonchev–Trinajstić information content (AvgIpc) is 3.03. The van der Waals surface area contributed by atoms with E-state index in [1.165, 1.54) is 24.4 Å². The van der Waals surface area contributed by atoms with Gasteiger partial charge in [0.1, 0.15) is 11.5 Å². The molecule has 7 heteroatoms. The Hall–Kier alpha value is -2.83. The van der Waals surface area contributed by atoms with Crippen LogP contribution in [0.5, 0.6) is 11.5 Å². The topological polar surface area (TPSA) is 111 Å². The summed E-state index contributed by atoms with van der Waals surface area (Å²) in [6.07, 6.45) is 4.09. The minimum Gasteiger partial charge on any atom is -0.508 e. The molecule has 0 unspecified atom stereocenters. The van der Waals surface area contributed by atoms with Crippen LogP contribution in [-0.2, 0) is 12.8 Å². The van der Waals surface area contributed by atoms with Gasteiger partial charge < -0.3 is 10.2 Å². The highest BCUT2D eigenvalue weighted by Crippen LogP contribution is 2.23. The number of nitrogens with zero attached hydrogens (tertiary/aromatic N) is 2. The fourth-order valence-corrected chi connectivity index (χ4v) is 2.36. The van der Waals surface area contributed by atoms with E-state index in [-0.39, 0.29) is 17.4 Å². The maximum atomic E-state index is 12.0. The average molecular weight is 286 g/mol. The van der Waals surface area contributed by atoms with Gasteiger partial charge in [-0.1, -0.05) is 0 Å². The Morgan fingerprint density at radius 1 is 1.38 bits per heavy atom. The second kappa shape index (κ2) is 5.28. The zero-order valence-electron chi connectivity index (χ0n) is 11.1. The molecular weight excluding hydrogens is 272 g/mol. The van der Waals surface area contributed by atoms with Crippen molar-refractivity contribution in [3.8, 4) is 11.5 Å². The number of benzene rings is 1. The highest BCUT2D eigenvalue weighted by molar-refractivity contribution is 5.95. The van der Waals surface area contributed by atoms with Gasteiger partial charge in [0.05, 0.1) is 6.21 Å². The normalized spacial score (nSPS) is 13.5. The molecule has 1 aromatic heterocycles. The highest BCUT2D eigenvalue weighted by atomic mass is 16.3. The number of phenols is 2. The first kappa shape index (κ1) is 13.2. The predicted octanol–water partition coefficient (Wildman–Crippen LogP) is 1.07. The Morgan fingerprint density at radius 2 is 2.24 bits per heavy atom. The van der Waals surface area contributed by atoms with E-state index in [0.29, 0.717) is 11.3 Å². The molecule has 0 bridgehead atoms. The van der Waals surface area contributed by atoms with Crippen molar-refractivity contribution >= 4 is 12.1 Å². The van der Waals surface area contributed by atoms with E-state index in [4.69, 9.17) is 0 Å². The van der Waals surface area contributed by atoms with E-state index in [9.17, 15) is 15.0 Å². The third-order valence-electron chi connectivity index (χ3n) is 3.41. The van der Waals surface area contributed by atoms with Crippen LogP contribution in [0.2, 0.25) is 0 Å². The van der Waals surface area contributed by atoms with Crippen LogP contribution in [0.4, 0.5) is 0 Å². The molecule has 4 N–H and O–H groups in total. The molecule has 0 saturated carbocycles. The lowest BCUT2D eigenvalue weighted by Gasteiger charge is -2.00. The Morgan fingerprint density at radius 3 is 3.05 bits per heavy atom. The molecule has 0 atom stereocenters. The van der Waals surface area contributed by atoms with Gasteiger partial charge in [0, 0.05) is 22.9 Å². The van der Waals surface area contributed by atoms with E-state index < -0.39 is 0 Å². The van der Waals surface area contributed by atoms with Crippen molar-refractivity contribution in [1.29, 1.82) is 0 Å². The van der Waals surface area contributed by atoms with Gasteiger partial charge in [-0.2, -0.15) is 10.2 Å². The van der Waals surface area contributed by atoms with Crippen LogP contribution in [0.1, 0.15) is 33.7 Å². The highest BCUT2D eigenvalue weighted by Gasteiger charge is 2.22. The third kappa shape index (κ3) is 2.58. The lowest BCUT2D eigenvalue weighted by Crippen LogP contribution is -2.19. The number of nitrogens with one attached hydrogen (secondary N) is 2. The Balaban J connectivity index is 1.69. The third-order valence-corrected chi connectivity index (χ3v) is 3.41. The molecule has 21 heavy (non-hydrogen) atoms. The molecule has 0 aliphatic heterocycles. The van der Waals surface area contributed by atoms with E-state index >= 15 is 0 Å². The molecule has 2 aromatic rings. The van der Waals surface area contributed by atoms with Gasteiger partial charge in [0.15, 0.2) is 5.69 Å². The van der Waals surface area contributed by atoms with Crippen molar-refractivity contribution in [3.05, 3.63) is 40.7 Å². The summed E-state index contributed by atoms with van der Waals surface area (Å²) in [5, 5.41) is 29.4. The molecule has 0 saturated heterocycles. The number of aryl methyl sites for hydroxylation is 1. The molecule has 7 nitrogen and oxygen atoms in total. The first-order chi connectivity index (χ1) is 10.1. The summed E-state index contributed by atoms with van der Waals surface area (Å²) >= 11 is 0. The fraction of sp³-hybridized carbons (Fsp3) is 0.214. The van der Waals surface area contributed by atoms with E-state index in [2.05, 4.69) is 20.7 Å². The second-order valence-electron chi connectivity index (χ2n) is 4.83. The maximum absolute atomic E-state index is 12.0. The molecular formula is C14H14N4O3. The standard InChI is InChI=1S/C14H14N4O3/c19-9-5-4-8(12(20)6-9)7-15-18-14(21)13-10-2-1-3-11(10)16-17-13/h4-7,19-20H,1-3H2,(H,16,17)(H,18,21)/b15-7+. The summed E-state index contributed by atoms with van der Waals surface area (Å²) < 4.78 is 0. The van der Waals surface area contributed by atoms with E-state index in [0.717, 1.165) is 30.5 Å². The number of carbonyl (C=O) groups is 1. The predicted molar refractivity (Wildman–Crippen MR) is 75.4 cm³/mol. The number of amides is 1. The van der Waals surface area contributed by atoms with Gasteiger partial charge in [-0.15, -0.1) is 0 Å². The summed E-state index contributed by atoms with van der Waals surface area (Å²) in [7, 11) is 0. The minimum atomic E-state index is -0.385. The van der Waals surface area contributed by atoms with Crippen LogP contribution >= 0.6 is 0 Å². The van der Waals surface area contributed by atoms with Gasteiger partial charge in [0.25, 0.3) is 5.91 Å². The Kier molecular flexibility index (Phi) is 3.31. The van der Waals surface area contributed by atoms with Gasteiger partial charge in [-0.05, 0) is 31.4 Å². The quantitative estimate of drug-likeness (QED) is 0.499. The summed E-state index contributed by atoms with van der Waals surface area (Å²) in [4.78, 5) is 12.0. The number of carbonyl (C=O) groups excluding carboxylic acids is 1. The van der Waals surface area contributed by atoms with E-state index in [1.54, 1.807) is 0 Å². The number of hydrazone groups is 1. The maximum Gasteiger partial charge on any atom is 0.292 e. The van der Waals surface area contributed by atoms with E-state index in [1.807, 2.05) is 0 Å². The smallest absolute Gasteiger partial charge is 0.292 e. The van der Waals surface area contributed by atoms with Gasteiger partial charge in [-0.3, -0.25) is 9.89 Å². The molecule has 0 fully saturated rings. The van der Waals surface area contributed by atoms with Crippen LogP contribution in [0, 0.1) is 0 Å². The number of aromatic amines is 1. The van der Waals surface area contributed by atoms with Gasteiger partial charge in [0.2, 0.25) is 0 Å². The van der Waals surface area contributed by atoms with Crippen LogP contribution in [0.3, 0.4) is 0 Å². The molecule has 3 rings (SSSR count). The van der Waals surface area contributed by atoms with Crippen LogP contribution < -0.4 is 5.43 Å². The van der Waals surface area contributed by atoms with Crippen molar-refractivity contribution < 1.29 is 15.0 Å². The number of fused-ring (bicyclic) bond motifs is 1. The number of aromatic hydroxyl groups is 2. The monoisotopic (exact) mass is 286 g/mol. The van der Waals surface area contributed by atoms with Crippen molar-refractivity contribution in [2.45, 2.75) is 19.3 Å². The van der Waals surface area contributed by atoms with Crippen molar-refractivity contribution in [3.63, 3.8) is 0 Å². The first-order valence-corrected chi connectivity index (χ1v) is 6.56. The molecule has 1 amide bonds. The number of hydrogen-bond acceptors (Lipinski definition) is 5.